The summed E-state index contributed by atoms with van der Waals surface area (Å²) in [6.07, 6.45) is 2.58. The molecule has 0 bridgehead atoms. The zero-order valence-electron chi connectivity index (χ0n) is 16.9. The first kappa shape index (κ1) is 22.0. The number of sulfonamides is 1. The lowest BCUT2D eigenvalue weighted by Crippen LogP contribution is -2.31. The fourth-order valence-corrected chi connectivity index (χ4v) is 5.48. The minimum absolute atomic E-state index is 0.108. The Morgan fingerprint density at radius 3 is 2.59 bits per heavy atom. The van der Waals surface area contributed by atoms with Crippen LogP contribution in [-0.4, -0.2) is 31.0 Å². The quantitative estimate of drug-likeness (QED) is 0.613. The van der Waals surface area contributed by atoms with Crippen LogP contribution >= 0.6 is 11.8 Å². The van der Waals surface area contributed by atoms with E-state index in [0.717, 1.165) is 11.8 Å². The maximum absolute atomic E-state index is 13.3. The fourth-order valence-electron chi connectivity index (χ4n) is 3.37. The molecular weight excluding hydrogens is 453 g/mol. The highest BCUT2D eigenvalue weighted by atomic mass is 32.2. The smallest absolute Gasteiger partial charge is 0.265 e. The number of aryl methyl sites for hydroxylation is 1. The van der Waals surface area contributed by atoms with Crippen molar-refractivity contribution in [2.75, 3.05) is 10.7 Å². The molecule has 0 radical (unpaired) electrons. The molecule has 2 amide bonds. The number of carbonyl (C=O) groups is 2. The molecule has 0 spiro atoms. The summed E-state index contributed by atoms with van der Waals surface area (Å²) in [5.74, 6) is -0.987. The normalized spacial score (nSPS) is 16.2. The number of amides is 2. The predicted octanol–water partition coefficient (Wildman–Crippen LogP) is 3.43. The molecule has 3 aromatic rings. The van der Waals surface area contributed by atoms with Crippen molar-refractivity contribution < 1.29 is 22.4 Å². The molecule has 0 saturated carbocycles. The molecule has 4 rings (SSSR count). The molecule has 1 aliphatic rings. The van der Waals surface area contributed by atoms with E-state index in [1.165, 1.54) is 54.4 Å². The molecule has 1 aromatic heterocycles. The van der Waals surface area contributed by atoms with Crippen LogP contribution in [0.1, 0.15) is 26.9 Å². The number of pyridine rings is 1. The average molecular weight is 472 g/mol. The van der Waals surface area contributed by atoms with Gasteiger partial charge in [-0.05, 0) is 60.5 Å². The zero-order chi connectivity index (χ0) is 22.9. The number of carbonyl (C=O) groups excluding carboxylic acids is 2. The van der Waals surface area contributed by atoms with Gasteiger partial charge in [0, 0.05) is 23.6 Å². The molecule has 1 N–H and O–H groups in total. The summed E-state index contributed by atoms with van der Waals surface area (Å²) in [6.45, 7) is 1.74. The van der Waals surface area contributed by atoms with Crippen molar-refractivity contribution >= 4 is 39.3 Å². The van der Waals surface area contributed by atoms with Gasteiger partial charge in [-0.25, -0.2) is 17.5 Å². The average Bonchev–Trinajstić information content (AvgIpc) is 3.15. The van der Waals surface area contributed by atoms with Gasteiger partial charge in [0.25, 0.3) is 15.9 Å². The van der Waals surface area contributed by atoms with E-state index < -0.39 is 15.9 Å². The Hall–Kier alpha value is -3.24. The number of nitrogens with one attached hydrogen (secondary N) is 1. The molecule has 1 atom stereocenters. The minimum atomic E-state index is -4.06. The molecule has 0 aliphatic carbocycles. The Morgan fingerprint density at radius 2 is 1.94 bits per heavy atom. The molecule has 1 fully saturated rings. The van der Waals surface area contributed by atoms with Crippen molar-refractivity contribution in [1.29, 1.82) is 0 Å². The predicted molar refractivity (Wildman–Crippen MR) is 119 cm³/mol. The second-order valence-electron chi connectivity index (χ2n) is 7.10. The van der Waals surface area contributed by atoms with Crippen LogP contribution in [0.25, 0.3) is 0 Å². The van der Waals surface area contributed by atoms with Gasteiger partial charge in [0.2, 0.25) is 5.91 Å². The fraction of sp³-hybridized carbons (Fsp3) is 0.136. The second kappa shape index (κ2) is 8.71. The van der Waals surface area contributed by atoms with Crippen molar-refractivity contribution in [3.05, 3.63) is 89.5 Å². The van der Waals surface area contributed by atoms with Crippen LogP contribution in [0.5, 0.6) is 0 Å². The summed E-state index contributed by atoms with van der Waals surface area (Å²) in [6, 6.07) is 13.4. The first-order chi connectivity index (χ1) is 15.3. The highest BCUT2D eigenvalue weighted by Crippen LogP contribution is 2.42. The van der Waals surface area contributed by atoms with Gasteiger partial charge in [0.1, 0.15) is 16.1 Å². The summed E-state index contributed by atoms with van der Waals surface area (Å²) in [4.78, 5) is 30.4. The highest BCUT2D eigenvalue weighted by Gasteiger charge is 2.35. The Labute approximate surface area is 188 Å². The number of thioether (sulfide) groups is 1. The van der Waals surface area contributed by atoms with Gasteiger partial charge in [-0.3, -0.25) is 19.5 Å². The molecular formula is C22H18FN3O4S2. The minimum Gasteiger partial charge on any atom is -0.295 e. The number of hydrogen-bond acceptors (Lipinski definition) is 6. The summed E-state index contributed by atoms with van der Waals surface area (Å²) in [7, 11) is -4.06. The molecule has 1 saturated heterocycles. The van der Waals surface area contributed by atoms with Crippen molar-refractivity contribution in [2.45, 2.75) is 17.2 Å². The van der Waals surface area contributed by atoms with E-state index in [9.17, 15) is 22.4 Å². The largest absolute Gasteiger partial charge is 0.295 e. The monoisotopic (exact) mass is 471 g/mol. The summed E-state index contributed by atoms with van der Waals surface area (Å²) < 4.78 is 40.1. The maximum atomic E-state index is 13.3. The highest BCUT2D eigenvalue weighted by molar-refractivity contribution is 8.00. The first-order valence-electron chi connectivity index (χ1n) is 9.53. The lowest BCUT2D eigenvalue weighted by Gasteiger charge is -2.26. The lowest BCUT2D eigenvalue weighted by atomic mass is 10.1. The number of hydrogen-bond donors (Lipinski definition) is 1. The van der Waals surface area contributed by atoms with Crippen molar-refractivity contribution in [3.63, 3.8) is 0 Å². The summed E-state index contributed by atoms with van der Waals surface area (Å²) >= 11 is 1.43. The van der Waals surface area contributed by atoms with E-state index in [4.69, 9.17) is 0 Å². The number of aromatic nitrogens is 1. The van der Waals surface area contributed by atoms with E-state index in [0.29, 0.717) is 11.3 Å². The third-order valence-electron chi connectivity index (χ3n) is 4.91. The van der Waals surface area contributed by atoms with Gasteiger partial charge in [0.05, 0.1) is 5.75 Å². The van der Waals surface area contributed by atoms with Crippen LogP contribution in [0.3, 0.4) is 0 Å². The van der Waals surface area contributed by atoms with Gasteiger partial charge in [-0.1, -0.05) is 12.1 Å². The van der Waals surface area contributed by atoms with E-state index in [-0.39, 0.29) is 33.3 Å². The molecule has 10 heteroatoms. The Morgan fingerprint density at radius 1 is 1.19 bits per heavy atom. The van der Waals surface area contributed by atoms with Crippen LogP contribution in [0.2, 0.25) is 0 Å². The van der Waals surface area contributed by atoms with E-state index in [1.807, 2.05) is 4.72 Å². The lowest BCUT2D eigenvalue weighted by molar-refractivity contribution is -0.115. The van der Waals surface area contributed by atoms with Crippen molar-refractivity contribution in [3.8, 4) is 0 Å². The van der Waals surface area contributed by atoms with Gasteiger partial charge < -0.3 is 0 Å². The summed E-state index contributed by atoms with van der Waals surface area (Å²) in [5.41, 5.74) is 2.14. The van der Waals surface area contributed by atoms with Crippen LogP contribution in [-0.2, 0) is 14.8 Å². The number of anilines is 1. The van der Waals surface area contributed by atoms with Crippen molar-refractivity contribution in [2.24, 2.45) is 0 Å². The van der Waals surface area contributed by atoms with Crippen LogP contribution < -0.4 is 9.62 Å². The van der Waals surface area contributed by atoms with Crippen LogP contribution in [0.4, 0.5) is 10.1 Å². The molecule has 1 unspecified atom stereocenters. The maximum Gasteiger partial charge on any atom is 0.265 e. The number of nitrogens with zero attached hydrogens (tertiary/aromatic N) is 2. The molecule has 164 valence electrons. The molecule has 7 nitrogen and oxygen atoms in total. The first-order valence-corrected chi connectivity index (χ1v) is 12.1. The SMILES string of the molecule is Cc1cc(C(=O)NS(=O)(=O)c2cccnc2)ccc1N1C(=O)CSC1c1ccc(F)cc1. The molecule has 2 aromatic carbocycles. The summed E-state index contributed by atoms with van der Waals surface area (Å²) in [5, 5.41) is -0.326. The number of halogens is 1. The van der Waals surface area contributed by atoms with Crippen LogP contribution in [0.15, 0.2) is 71.9 Å². The van der Waals surface area contributed by atoms with Crippen LogP contribution in [0, 0.1) is 12.7 Å². The Kier molecular flexibility index (Phi) is 5.98. The van der Waals surface area contributed by atoms with E-state index in [2.05, 4.69) is 4.98 Å². The Balaban J connectivity index is 1.59. The number of benzene rings is 2. The van der Waals surface area contributed by atoms with E-state index in [1.54, 1.807) is 30.0 Å². The van der Waals surface area contributed by atoms with Gasteiger partial charge in [-0.15, -0.1) is 11.8 Å². The standard InChI is InChI=1S/C22H18FN3O4S2/c1-14-11-16(21(28)25-32(29,30)18-3-2-10-24-12-18)6-9-19(14)26-20(27)13-31-22(26)15-4-7-17(23)8-5-15/h2-12,22H,13H2,1H3,(H,25,28). The zero-order valence-corrected chi connectivity index (χ0v) is 18.5. The van der Waals surface area contributed by atoms with Crippen molar-refractivity contribution in [1.82, 2.24) is 9.71 Å². The third-order valence-corrected chi connectivity index (χ3v) is 7.44. The van der Waals surface area contributed by atoms with Gasteiger partial charge in [0.15, 0.2) is 0 Å². The molecule has 2 heterocycles. The molecule has 1 aliphatic heterocycles. The van der Waals surface area contributed by atoms with E-state index >= 15 is 0 Å². The second-order valence-corrected chi connectivity index (χ2v) is 9.85. The third kappa shape index (κ3) is 4.37. The Bertz CT molecular complexity index is 1280. The topological polar surface area (TPSA) is 96.4 Å². The van der Waals surface area contributed by atoms with Gasteiger partial charge >= 0.3 is 0 Å². The number of rotatable bonds is 5. The molecule has 32 heavy (non-hydrogen) atoms. The van der Waals surface area contributed by atoms with Gasteiger partial charge in [-0.2, -0.15) is 0 Å².